The second-order valence-electron chi connectivity index (χ2n) is 8.77. The molecule has 0 radical (unpaired) electrons. The van der Waals surface area contributed by atoms with Gasteiger partial charge in [-0.15, -0.1) is 11.3 Å². The van der Waals surface area contributed by atoms with E-state index in [0.717, 1.165) is 49.9 Å². The molecule has 1 aromatic carbocycles. The second-order valence-corrected chi connectivity index (χ2v) is 9.89. The van der Waals surface area contributed by atoms with Gasteiger partial charge in [0, 0.05) is 44.6 Å². The lowest BCUT2D eigenvalue weighted by molar-refractivity contribution is -0.126. The van der Waals surface area contributed by atoms with Crippen LogP contribution in [0.3, 0.4) is 0 Å². The molecular weight excluding hydrogens is 449 g/mol. The van der Waals surface area contributed by atoms with Crippen molar-refractivity contribution in [2.75, 3.05) is 43.4 Å². The van der Waals surface area contributed by atoms with E-state index in [0.29, 0.717) is 33.6 Å². The van der Waals surface area contributed by atoms with Crippen LogP contribution in [0.2, 0.25) is 0 Å². The van der Waals surface area contributed by atoms with Crippen molar-refractivity contribution in [2.45, 2.75) is 19.1 Å². The number of aromatic nitrogens is 2. The Balaban J connectivity index is 1.31. The molecule has 3 aromatic rings. The van der Waals surface area contributed by atoms with E-state index < -0.39 is 12.6 Å². The monoisotopic (exact) mass is 472 g/mol. The third-order valence-electron chi connectivity index (χ3n) is 6.37. The zero-order valence-electron chi connectivity index (χ0n) is 18.1. The minimum Gasteiger partial charge on any atom is -0.357 e. The van der Waals surface area contributed by atoms with Crippen molar-refractivity contribution in [1.82, 2.24) is 14.9 Å². The van der Waals surface area contributed by atoms with E-state index in [-0.39, 0.29) is 4.88 Å². The Kier molecular flexibility index (Phi) is 5.62. The van der Waals surface area contributed by atoms with Crippen LogP contribution in [0.4, 0.5) is 24.9 Å². The van der Waals surface area contributed by atoms with Crippen LogP contribution in [-0.4, -0.2) is 54.3 Å². The predicted molar refractivity (Wildman–Crippen MR) is 122 cm³/mol. The molecule has 4 heterocycles. The van der Waals surface area contributed by atoms with Gasteiger partial charge in [-0.1, -0.05) is 12.1 Å². The van der Waals surface area contributed by atoms with Gasteiger partial charge < -0.3 is 10.2 Å². The van der Waals surface area contributed by atoms with E-state index in [1.165, 1.54) is 5.56 Å². The lowest BCUT2D eigenvalue weighted by Gasteiger charge is -2.23. The smallest absolute Gasteiger partial charge is 0.357 e. The number of benzene rings is 1. The molecule has 2 aliphatic heterocycles. The van der Waals surface area contributed by atoms with Gasteiger partial charge in [0.1, 0.15) is 10.6 Å². The summed E-state index contributed by atoms with van der Waals surface area (Å²) >= 11 is 1.09. The van der Waals surface area contributed by atoms with Crippen LogP contribution in [0.5, 0.6) is 0 Å². The maximum absolute atomic E-state index is 12.9. The topological polar surface area (TPSA) is 68.1 Å². The molecule has 6 nitrogen and oxygen atoms in total. The second kappa shape index (κ2) is 8.47. The summed E-state index contributed by atoms with van der Waals surface area (Å²) in [5, 5.41) is 12.6. The molecule has 2 aliphatic rings. The Morgan fingerprint density at radius 3 is 2.42 bits per heavy atom. The van der Waals surface area contributed by atoms with Crippen LogP contribution < -0.4 is 10.2 Å². The molecule has 0 bridgehead atoms. The summed E-state index contributed by atoms with van der Waals surface area (Å²) in [5.41, 5.74) is 1.86. The van der Waals surface area contributed by atoms with Crippen molar-refractivity contribution >= 4 is 33.3 Å². The van der Waals surface area contributed by atoms with Gasteiger partial charge in [0.15, 0.2) is 0 Å². The molecular formula is C23H23F3N6S. The molecule has 0 saturated carbocycles. The van der Waals surface area contributed by atoms with E-state index in [2.05, 4.69) is 31.2 Å². The first-order valence-electron chi connectivity index (χ1n) is 10.8. The lowest BCUT2D eigenvalue weighted by Crippen LogP contribution is -2.29. The van der Waals surface area contributed by atoms with E-state index >= 15 is 0 Å². The Labute approximate surface area is 193 Å². The fraction of sp³-hybridized carbons (Fsp3) is 0.435. The quantitative estimate of drug-likeness (QED) is 0.598. The zero-order valence-corrected chi connectivity index (χ0v) is 18.9. The zero-order chi connectivity index (χ0) is 23.2. The SMILES string of the molecule is CNc1nc(N2CC3CN(Cc4ccc(C#N)cc4)CC3C2)c2cc(CC(F)(F)F)sc2n1. The third-order valence-corrected chi connectivity index (χ3v) is 7.40. The van der Waals surface area contributed by atoms with E-state index in [4.69, 9.17) is 5.26 Å². The van der Waals surface area contributed by atoms with Gasteiger partial charge in [-0.05, 0) is 35.6 Å². The number of alkyl halides is 3. The first kappa shape index (κ1) is 21.9. The van der Waals surface area contributed by atoms with Gasteiger partial charge in [0.05, 0.1) is 23.4 Å². The fourth-order valence-electron chi connectivity index (χ4n) is 4.93. The van der Waals surface area contributed by atoms with Crippen LogP contribution in [-0.2, 0) is 13.0 Å². The van der Waals surface area contributed by atoms with E-state index in [1.807, 2.05) is 24.3 Å². The van der Waals surface area contributed by atoms with Gasteiger partial charge in [0.2, 0.25) is 5.95 Å². The van der Waals surface area contributed by atoms with Crippen LogP contribution in [0, 0.1) is 23.2 Å². The number of nitrogens with zero attached hydrogens (tertiary/aromatic N) is 5. The highest BCUT2D eigenvalue weighted by Gasteiger charge is 2.41. The van der Waals surface area contributed by atoms with Gasteiger partial charge in [-0.3, -0.25) is 4.90 Å². The van der Waals surface area contributed by atoms with Crippen LogP contribution >= 0.6 is 11.3 Å². The number of hydrogen-bond acceptors (Lipinski definition) is 7. The largest absolute Gasteiger partial charge is 0.393 e. The van der Waals surface area contributed by atoms with E-state index in [9.17, 15) is 13.2 Å². The standard InChI is InChI=1S/C23H23F3N6S/c1-28-22-29-20(19-6-18(7-23(24,25)26)33-21(19)30-22)32-12-16-10-31(11-17(16)13-32)9-15-4-2-14(8-27)3-5-15/h2-6,16-17H,7,9-13H2,1H3,(H,28,29,30). The molecule has 2 fully saturated rings. The van der Waals surface area contributed by atoms with Crippen molar-refractivity contribution in [3.05, 3.63) is 46.3 Å². The first-order chi connectivity index (χ1) is 15.8. The maximum Gasteiger partial charge on any atom is 0.393 e. The summed E-state index contributed by atoms with van der Waals surface area (Å²) in [6, 6.07) is 11.5. The van der Waals surface area contributed by atoms with Crippen molar-refractivity contribution in [3.8, 4) is 6.07 Å². The normalized spacial score (nSPS) is 20.9. The highest BCUT2D eigenvalue weighted by atomic mass is 32.1. The molecule has 0 spiro atoms. The molecule has 0 aliphatic carbocycles. The molecule has 1 N–H and O–H groups in total. The Morgan fingerprint density at radius 2 is 1.82 bits per heavy atom. The summed E-state index contributed by atoms with van der Waals surface area (Å²) < 4.78 is 38.8. The predicted octanol–water partition coefficient (Wildman–Crippen LogP) is 4.28. The molecule has 0 amide bonds. The maximum atomic E-state index is 12.9. The third kappa shape index (κ3) is 4.61. The van der Waals surface area contributed by atoms with Crippen molar-refractivity contribution in [3.63, 3.8) is 0 Å². The first-order valence-corrected chi connectivity index (χ1v) is 11.6. The summed E-state index contributed by atoms with van der Waals surface area (Å²) in [6.07, 6.45) is -5.19. The molecule has 5 rings (SSSR count). The van der Waals surface area contributed by atoms with Crippen molar-refractivity contribution in [2.24, 2.45) is 11.8 Å². The molecule has 172 valence electrons. The Hall–Kier alpha value is -2.90. The number of likely N-dealkylation sites (tertiary alicyclic amines) is 1. The molecule has 10 heteroatoms. The number of nitrogens with one attached hydrogen (secondary N) is 1. The molecule has 33 heavy (non-hydrogen) atoms. The van der Waals surface area contributed by atoms with E-state index in [1.54, 1.807) is 13.1 Å². The number of hydrogen-bond donors (Lipinski definition) is 1. The summed E-state index contributed by atoms with van der Waals surface area (Å²) in [5.74, 6) is 2.12. The molecule has 2 saturated heterocycles. The molecule has 2 unspecified atom stereocenters. The highest BCUT2D eigenvalue weighted by molar-refractivity contribution is 7.18. The number of rotatable bonds is 5. The highest BCUT2D eigenvalue weighted by Crippen LogP contribution is 2.39. The Morgan fingerprint density at radius 1 is 1.12 bits per heavy atom. The average Bonchev–Trinajstić information content (AvgIpc) is 3.44. The van der Waals surface area contributed by atoms with Gasteiger partial charge in [-0.2, -0.15) is 23.4 Å². The summed E-state index contributed by atoms with van der Waals surface area (Å²) in [6.45, 7) is 4.45. The van der Waals surface area contributed by atoms with Gasteiger partial charge >= 0.3 is 6.18 Å². The van der Waals surface area contributed by atoms with Crippen molar-refractivity contribution in [1.29, 1.82) is 5.26 Å². The van der Waals surface area contributed by atoms with Crippen molar-refractivity contribution < 1.29 is 13.2 Å². The van der Waals surface area contributed by atoms with Crippen LogP contribution in [0.15, 0.2) is 30.3 Å². The number of nitriles is 1. The molecule has 2 aromatic heterocycles. The Bertz CT molecular complexity index is 1190. The molecule has 2 atom stereocenters. The summed E-state index contributed by atoms with van der Waals surface area (Å²) in [4.78, 5) is 14.5. The lowest BCUT2D eigenvalue weighted by atomic mass is 10.0. The number of thiophene rings is 1. The van der Waals surface area contributed by atoms with Gasteiger partial charge in [0.25, 0.3) is 0 Å². The van der Waals surface area contributed by atoms with Crippen LogP contribution in [0.1, 0.15) is 16.0 Å². The number of halogens is 3. The van der Waals surface area contributed by atoms with Crippen LogP contribution in [0.25, 0.3) is 10.2 Å². The fourth-order valence-corrected chi connectivity index (χ4v) is 5.98. The summed E-state index contributed by atoms with van der Waals surface area (Å²) in [7, 11) is 1.72. The number of fused-ring (bicyclic) bond motifs is 2. The number of anilines is 2. The minimum absolute atomic E-state index is 0.259. The van der Waals surface area contributed by atoms with Gasteiger partial charge in [-0.25, -0.2) is 4.98 Å². The average molecular weight is 473 g/mol. The minimum atomic E-state index is -4.25.